The number of fused-ring (bicyclic) bond motifs is 1. The largest absolute Gasteiger partial charge is 0.497 e. The standard InChI is InChI=1S/C25H35N3O3/c1-18(2)28-12-6-8-22(28)16-26-11-5-7-20(14-26)25-17-27(19(3)29)15-21-13-23(30-4)9-10-24(21)31-25/h6,8-10,12-13,18,20,25H,5,7,11,14-17H2,1-4H3/t20-,25-/m1/s1. The molecule has 1 fully saturated rings. The number of benzene rings is 1. The van der Waals surface area contributed by atoms with Crippen LogP contribution in [0.25, 0.3) is 0 Å². The number of hydrogen-bond acceptors (Lipinski definition) is 4. The Kier molecular flexibility index (Phi) is 6.56. The molecule has 6 nitrogen and oxygen atoms in total. The Labute approximate surface area is 185 Å². The van der Waals surface area contributed by atoms with Gasteiger partial charge in [-0.15, -0.1) is 0 Å². The number of nitrogens with zero attached hydrogens (tertiary/aromatic N) is 3. The van der Waals surface area contributed by atoms with Crippen LogP contribution in [-0.2, 0) is 17.9 Å². The molecular formula is C25H35N3O3. The molecular weight excluding hydrogens is 390 g/mol. The second-order valence-electron chi connectivity index (χ2n) is 9.17. The number of ether oxygens (including phenoxy) is 2. The predicted molar refractivity (Wildman–Crippen MR) is 121 cm³/mol. The van der Waals surface area contributed by atoms with Gasteiger partial charge in [0.05, 0.1) is 13.7 Å². The molecule has 0 saturated carbocycles. The van der Waals surface area contributed by atoms with Gasteiger partial charge in [0.25, 0.3) is 0 Å². The number of methoxy groups -OCH3 is 1. The number of rotatable bonds is 5. The van der Waals surface area contributed by atoms with Crippen LogP contribution in [0, 0.1) is 5.92 Å². The van der Waals surface area contributed by atoms with Crippen LogP contribution in [-0.4, -0.2) is 53.1 Å². The summed E-state index contributed by atoms with van der Waals surface area (Å²) in [6.07, 6.45) is 4.45. The van der Waals surface area contributed by atoms with Crippen LogP contribution in [0.1, 0.15) is 50.9 Å². The van der Waals surface area contributed by atoms with Gasteiger partial charge in [-0.25, -0.2) is 0 Å². The SMILES string of the molecule is COc1ccc2c(c1)CN(C(C)=O)C[C@H]([C@@H]1CCCN(Cc3cccn3C(C)C)C1)O2. The molecule has 1 aromatic heterocycles. The third kappa shape index (κ3) is 4.90. The quantitative estimate of drug-likeness (QED) is 0.724. The molecule has 4 rings (SSSR count). The van der Waals surface area contributed by atoms with E-state index in [-0.39, 0.29) is 12.0 Å². The van der Waals surface area contributed by atoms with E-state index in [1.807, 2.05) is 23.1 Å². The minimum absolute atomic E-state index is 0.00164. The Balaban J connectivity index is 1.51. The first-order valence-corrected chi connectivity index (χ1v) is 11.4. The van der Waals surface area contributed by atoms with Gasteiger partial charge in [-0.1, -0.05) is 0 Å². The molecule has 1 amide bonds. The third-order valence-electron chi connectivity index (χ3n) is 6.63. The number of piperidine rings is 1. The Morgan fingerprint density at radius 3 is 2.84 bits per heavy atom. The zero-order chi connectivity index (χ0) is 22.0. The highest BCUT2D eigenvalue weighted by Crippen LogP contribution is 2.33. The molecule has 0 N–H and O–H groups in total. The van der Waals surface area contributed by atoms with Crippen molar-refractivity contribution in [2.24, 2.45) is 5.92 Å². The molecule has 1 aromatic carbocycles. The zero-order valence-corrected chi connectivity index (χ0v) is 19.2. The number of carbonyl (C=O) groups is 1. The highest BCUT2D eigenvalue weighted by atomic mass is 16.5. The molecule has 6 heteroatoms. The van der Waals surface area contributed by atoms with Crippen LogP contribution in [0.4, 0.5) is 0 Å². The lowest BCUT2D eigenvalue weighted by Gasteiger charge is -2.37. The maximum Gasteiger partial charge on any atom is 0.219 e. The molecule has 31 heavy (non-hydrogen) atoms. The van der Waals surface area contributed by atoms with Crippen LogP contribution >= 0.6 is 0 Å². The van der Waals surface area contributed by atoms with Crippen molar-refractivity contribution >= 4 is 5.91 Å². The second-order valence-corrected chi connectivity index (χ2v) is 9.17. The third-order valence-corrected chi connectivity index (χ3v) is 6.63. The topological polar surface area (TPSA) is 46.9 Å². The molecule has 2 aliphatic rings. The molecule has 3 heterocycles. The van der Waals surface area contributed by atoms with E-state index in [1.54, 1.807) is 14.0 Å². The summed E-state index contributed by atoms with van der Waals surface area (Å²) < 4.78 is 14.3. The van der Waals surface area contributed by atoms with Crippen molar-refractivity contribution in [1.29, 1.82) is 0 Å². The molecule has 2 aromatic rings. The van der Waals surface area contributed by atoms with Gasteiger partial charge in [0.15, 0.2) is 0 Å². The van der Waals surface area contributed by atoms with E-state index in [0.717, 1.165) is 49.5 Å². The smallest absolute Gasteiger partial charge is 0.219 e. The van der Waals surface area contributed by atoms with Gasteiger partial charge in [-0.05, 0) is 63.6 Å². The summed E-state index contributed by atoms with van der Waals surface area (Å²) in [5, 5.41) is 0. The van der Waals surface area contributed by atoms with Crippen molar-refractivity contribution < 1.29 is 14.3 Å². The van der Waals surface area contributed by atoms with Gasteiger partial charge in [0, 0.05) is 56.0 Å². The van der Waals surface area contributed by atoms with Crippen molar-refractivity contribution in [3.63, 3.8) is 0 Å². The van der Waals surface area contributed by atoms with Gasteiger partial charge in [0.2, 0.25) is 5.91 Å². The summed E-state index contributed by atoms with van der Waals surface area (Å²) in [6, 6.07) is 10.7. The van der Waals surface area contributed by atoms with E-state index < -0.39 is 0 Å². The number of likely N-dealkylation sites (tertiary alicyclic amines) is 1. The maximum absolute atomic E-state index is 12.3. The number of hydrogen-bond donors (Lipinski definition) is 0. The van der Waals surface area contributed by atoms with Gasteiger partial charge in [0.1, 0.15) is 17.6 Å². The number of amides is 1. The Morgan fingerprint density at radius 2 is 2.10 bits per heavy atom. The molecule has 2 atom stereocenters. The van der Waals surface area contributed by atoms with E-state index in [2.05, 4.69) is 41.6 Å². The summed E-state index contributed by atoms with van der Waals surface area (Å²) in [5.41, 5.74) is 2.37. The van der Waals surface area contributed by atoms with Crippen molar-refractivity contribution in [3.05, 3.63) is 47.8 Å². The number of carbonyl (C=O) groups excluding carboxylic acids is 1. The van der Waals surface area contributed by atoms with E-state index in [0.29, 0.717) is 25.0 Å². The van der Waals surface area contributed by atoms with Crippen LogP contribution in [0.15, 0.2) is 36.5 Å². The summed E-state index contributed by atoms with van der Waals surface area (Å²) >= 11 is 0. The first kappa shape index (κ1) is 21.8. The van der Waals surface area contributed by atoms with Crippen molar-refractivity contribution in [1.82, 2.24) is 14.4 Å². The molecule has 0 spiro atoms. The normalized spacial score (nSPS) is 22.0. The Hall–Kier alpha value is -2.47. The first-order chi connectivity index (χ1) is 14.9. The van der Waals surface area contributed by atoms with Crippen molar-refractivity contribution in [2.45, 2.75) is 58.8 Å². The second kappa shape index (κ2) is 9.35. The molecule has 0 radical (unpaired) electrons. The molecule has 0 unspecified atom stereocenters. The van der Waals surface area contributed by atoms with Crippen LogP contribution < -0.4 is 9.47 Å². The fourth-order valence-electron chi connectivity index (χ4n) is 4.93. The highest BCUT2D eigenvalue weighted by Gasteiger charge is 2.34. The van der Waals surface area contributed by atoms with Crippen molar-refractivity contribution in [3.8, 4) is 11.5 Å². The molecule has 168 valence electrons. The van der Waals surface area contributed by atoms with E-state index >= 15 is 0 Å². The van der Waals surface area contributed by atoms with Gasteiger partial charge < -0.3 is 18.9 Å². The van der Waals surface area contributed by atoms with E-state index in [4.69, 9.17) is 9.47 Å². The molecule has 0 bridgehead atoms. The highest BCUT2D eigenvalue weighted by molar-refractivity contribution is 5.73. The van der Waals surface area contributed by atoms with Crippen LogP contribution in [0.2, 0.25) is 0 Å². The minimum Gasteiger partial charge on any atom is -0.497 e. The lowest BCUT2D eigenvalue weighted by molar-refractivity contribution is -0.130. The van der Waals surface area contributed by atoms with Crippen LogP contribution in [0.3, 0.4) is 0 Å². The lowest BCUT2D eigenvalue weighted by Crippen LogP contribution is -2.46. The lowest BCUT2D eigenvalue weighted by atomic mass is 9.91. The first-order valence-electron chi connectivity index (χ1n) is 11.4. The maximum atomic E-state index is 12.3. The molecule has 1 saturated heterocycles. The Bertz CT molecular complexity index is 907. The average molecular weight is 426 g/mol. The van der Waals surface area contributed by atoms with Crippen molar-refractivity contribution in [2.75, 3.05) is 26.7 Å². The monoisotopic (exact) mass is 425 g/mol. The van der Waals surface area contributed by atoms with E-state index in [1.165, 1.54) is 5.69 Å². The average Bonchev–Trinajstić information content (AvgIpc) is 3.12. The number of aromatic nitrogens is 1. The van der Waals surface area contributed by atoms with Crippen LogP contribution in [0.5, 0.6) is 11.5 Å². The summed E-state index contributed by atoms with van der Waals surface area (Å²) in [5.74, 6) is 2.15. The van der Waals surface area contributed by atoms with Gasteiger partial charge in [-0.2, -0.15) is 0 Å². The molecule has 2 aliphatic heterocycles. The zero-order valence-electron chi connectivity index (χ0n) is 19.2. The summed E-state index contributed by atoms with van der Waals surface area (Å²) in [6.45, 7) is 10.4. The summed E-state index contributed by atoms with van der Waals surface area (Å²) in [4.78, 5) is 16.8. The summed E-state index contributed by atoms with van der Waals surface area (Å²) in [7, 11) is 1.66. The molecule has 0 aliphatic carbocycles. The Morgan fingerprint density at radius 1 is 1.26 bits per heavy atom. The van der Waals surface area contributed by atoms with E-state index in [9.17, 15) is 4.79 Å². The fraction of sp³-hybridized carbons (Fsp3) is 0.560. The van der Waals surface area contributed by atoms with Gasteiger partial charge in [-0.3, -0.25) is 9.69 Å². The van der Waals surface area contributed by atoms with Gasteiger partial charge >= 0.3 is 0 Å². The minimum atomic E-state index is -0.00164. The fourth-order valence-corrected chi connectivity index (χ4v) is 4.93. The predicted octanol–water partition coefficient (Wildman–Crippen LogP) is 4.10.